The molecule has 0 spiro atoms. The fourth-order valence-corrected chi connectivity index (χ4v) is 2.73. The van der Waals surface area contributed by atoms with Crippen LogP contribution in [0.5, 0.6) is 0 Å². The molecule has 90 valence electrons. The monoisotopic (exact) mass is 268 g/mol. The first-order valence-electron chi connectivity index (χ1n) is 3.87. The topological polar surface area (TPSA) is 133 Å². The summed E-state index contributed by atoms with van der Waals surface area (Å²) in [6, 6.07) is -2.74. The van der Waals surface area contributed by atoms with Crippen molar-refractivity contribution >= 4 is 33.5 Å². The third-order valence-electron chi connectivity index (χ3n) is 1.36. The first-order chi connectivity index (χ1) is 7.52. The molecule has 0 fully saturated rings. The van der Waals surface area contributed by atoms with E-state index in [4.69, 9.17) is 10.2 Å². The van der Waals surface area contributed by atoms with Gasteiger partial charge in [0.05, 0.1) is 0 Å². The van der Waals surface area contributed by atoms with Gasteiger partial charge in [0.25, 0.3) is 0 Å². The summed E-state index contributed by atoms with van der Waals surface area (Å²) in [5.41, 5.74) is 0. The molecule has 0 rings (SSSR count). The maximum atomic E-state index is 10.3. The summed E-state index contributed by atoms with van der Waals surface area (Å²) >= 11 is 0. The normalized spacial score (nSPS) is 13.8. The van der Waals surface area contributed by atoms with Crippen LogP contribution in [-0.2, 0) is 9.59 Å². The van der Waals surface area contributed by atoms with Crippen LogP contribution in [0, 0.1) is 9.81 Å². The number of carboxylic acids is 2. The average molecular weight is 268 g/mol. The molecule has 2 N–H and O–H groups in total. The quantitative estimate of drug-likeness (QED) is 0.356. The standard InChI is InChI=1S/C6H8N2O6S2/c9-5(10)3(7-13)1-15-16-2-4(8-14)6(11)12/h3-4H,1-2H2,(H,9,10)(H,11,12). The van der Waals surface area contributed by atoms with E-state index in [1.807, 2.05) is 0 Å². The van der Waals surface area contributed by atoms with Crippen molar-refractivity contribution < 1.29 is 19.8 Å². The zero-order valence-electron chi connectivity index (χ0n) is 7.81. The molecule has 8 nitrogen and oxygen atoms in total. The molecule has 0 amide bonds. The molecule has 0 aliphatic rings. The second kappa shape index (κ2) is 8.05. The van der Waals surface area contributed by atoms with Gasteiger partial charge in [-0.1, -0.05) is 31.9 Å². The van der Waals surface area contributed by atoms with Crippen LogP contribution in [0.1, 0.15) is 0 Å². The molecule has 0 aromatic rings. The Kier molecular flexibility index (Phi) is 7.46. The van der Waals surface area contributed by atoms with Gasteiger partial charge in [0.15, 0.2) is 12.1 Å². The minimum absolute atomic E-state index is 0.0886. The van der Waals surface area contributed by atoms with Crippen LogP contribution in [0.2, 0.25) is 0 Å². The zero-order chi connectivity index (χ0) is 12.6. The fraction of sp³-hybridized carbons (Fsp3) is 0.667. The largest absolute Gasteiger partial charge is 0.480 e. The van der Waals surface area contributed by atoms with Crippen LogP contribution < -0.4 is 0 Å². The molecule has 2 unspecified atom stereocenters. The van der Waals surface area contributed by atoms with Crippen molar-refractivity contribution in [3.63, 3.8) is 0 Å². The summed E-state index contributed by atoms with van der Waals surface area (Å²) in [5, 5.41) is 21.6. The Morgan fingerprint density at radius 3 is 1.44 bits per heavy atom. The Bertz CT molecular complexity index is 258. The number of carboxylic acid groups (broad SMARTS) is 2. The Labute approximate surface area is 97.5 Å². The van der Waals surface area contributed by atoms with Crippen molar-refractivity contribution in [2.75, 3.05) is 11.5 Å². The zero-order valence-corrected chi connectivity index (χ0v) is 9.44. The van der Waals surface area contributed by atoms with Gasteiger partial charge in [0.2, 0.25) is 0 Å². The van der Waals surface area contributed by atoms with Gasteiger partial charge < -0.3 is 10.2 Å². The van der Waals surface area contributed by atoms with Crippen LogP contribution in [-0.4, -0.2) is 45.7 Å². The van der Waals surface area contributed by atoms with Gasteiger partial charge in [-0.15, -0.1) is 9.81 Å². The maximum Gasteiger partial charge on any atom is 0.333 e. The molecule has 2 atom stereocenters. The van der Waals surface area contributed by atoms with Crippen molar-refractivity contribution in [2.24, 2.45) is 10.4 Å². The van der Waals surface area contributed by atoms with E-state index in [9.17, 15) is 19.4 Å². The first-order valence-corrected chi connectivity index (χ1v) is 6.36. The molecule has 0 aromatic heterocycles. The van der Waals surface area contributed by atoms with Gasteiger partial charge in [-0.3, -0.25) is 0 Å². The summed E-state index contributed by atoms with van der Waals surface area (Å²) in [6.07, 6.45) is 0. The van der Waals surface area contributed by atoms with Crippen LogP contribution >= 0.6 is 21.6 Å². The smallest absolute Gasteiger partial charge is 0.333 e. The van der Waals surface area contributed by atoms with Gasteiger partial charge in [0, 0.05) is 11.5 Å². The van der Waals surface area contributed by atoms with Crippen molar-refractivity contribution in [1.29, 1.82) is 0 Å². The molecule has 0 aliphatic heterocycles. The predicted molar refractivity (Wildman–Crippen MR) is 59.4 cm³/mol. The number of rotatable bonds is 9. The van der Waals surface area contributed by atoms with E-state index in [1.165, 1.54) is 0 Å². The third-order valence-corrected chi connectivity index (χ3v) is 3.75. The van der Waals surface area contributed by atoms with Crippen molar-refractivity contribution in [1.82, 2.24) is 0 Å². The Hall–Kier alpha value is -1.16. The number of nitroso groups, excluding NO2 is 2. The molecule has 16 heavy (non-hydrogen) atoms. The van der Waals surface area contributed by atoms with Crippen LogP contribution in [0.3, 0.4) is 0 Å². The molecule has 0 heterocycles. The van der Waals surface area contributed by atoms with E-state index in [0.717, 1.165) is 21.6 Å². The lowest BCUT2D eigenvalue weighted by molar-refractivity contribution is -0.138. The summed E-state index contributed by atoms with van der Waals surface area (Å²) in [7, 11) is 1.91. The van der Waals surface area contributed by atoms with Crippen molar-refractivity contribution in [3.8, 4) is 0 Å². The van der Waals surface area contributed by atoms with E-state index in [1.54, 1.807) is 0 Å². The molecule has 0 aliphatic carbocycles. The summed E-state index contributed by atoms with van der Waals surface area (Å²) in [6.45, 7) is 0. The van der Waals surface area contributed by atoms with Crippen molar-refractivity contribution in [2.45, 2.75) is 12.1 Å². The fourth-order valence-electron chi connectivity index (χ4n) is 0.519. The summed E-state index contributed by atoms with van der Waals surface area (Å²) < 4.78 is 0. The minimum Gasteiger partial charge on any atom is -0.480 e. The van der Waals surface area contributed by atoms with Crippen LogP contribution in [0.25, 0.3) is 0 Å². The number of aliphatic carboxylic acids is 2. The molecule has 0 bridgehead atoms. The van der Waals surface area contributed by atoms with E-state index < -0.39 is 24.0 Å². The Morgan fingerprint density at radius 2 is 1.25 bits per heavy atom. The Balaban J connectivity index is 3.82. The van der Waals surface area contributed by atoms with E-state index in [0.29, 0.717) is 0 Å². The van der Waals surface area contributed by atoms with Gasteiger partial charge in [0.1, 0.15) is 0 Å². The highest BCUT2D eigenvalue weighted by atomic mass is 33.1. The lowest BCUT2D eigenvalue weighted by atomic mass is 10.4. The summed E-state index contributed by atoms with van der Waals surface area (Å²) in [5.74, 6) is -2.86. The molecular weight excluding hydrogens is 260 g/mol. The van der Waals surface area contributed by atoms with Crippen molar-refractivity contribution in [3.05, 3.63) is 9.81 Å². The average Bonchev–Trinajstić information content (AvgIpc) is 2.22. The number of carbonyl (C=O) groups is 2. The molecule has 0 aromatic carbocycles. The highest BCUT2D eigenvalue weighted by Crippen LogP contribution is 2.24. The minimum atomic E-state index is -1.37. The van der Waals surface area contributed by atoms with E-state index >= 15 is 0 Å². The number of hydrogen-bond acceptors (Lipinski definition) is 8. The Morgan fingerprint density at radius 1 is 0.938 bits per heavy atom. The molecule has 0 saturated carbocycles. The second-order valence-electron chi connectivity index (χ2n) is 2.49. The predicted octanol–water partition coefficient (Wildman–Crippen LogP) is 0.807. The number of nitrogens with zero attached hydrogens (tertiary/aromatic N) is 2. The third kappa shape index (κ3) is 5.66. The van der Waals surface area contributed by atoms with Crippen LogP contribution in [0.15, 0.2) is 10.4 Å². The lowest BCUT2D eigenvalue weighted by Crippen LogP contribution is -2.21. The van der Waals surface area contributed by atoms with Crippen LogP contribution in [0.4, 0.5) is 0 Å². The van der Waals surface area contributed by atoms with Gasteiger partial charge in [-0.25, -0.2) is 9.59 Å². The molecule has 10 heteroatoms. The van der Waals surface area contributed by atoms with E-state index in [2.05, 4.69) is 10.4 Å². The number of hydrogen-bond donors (Lipinski definition) is 2. The molecule has 0 saturated heterocycles. The highest BCUT2D eigenvalue weighted by molar-refractivity contribution is 8.76. The second-order valence-corrected chi connectivity index (χ2v) is 5.04. The SMILES string of the molecule is O=NC(CSSCC(N=O)C(=O)O)C(=O)O. The van der Waals surface area contributed by atoms with Gasteiger partial charge >= 0.3 is 11.9 Å². The van der Waals surface area contributed by atoms with E-state index in [-0.39, 0.29) is 11.5 Å². The highest BCUT2D eigenvalue weighted by Gasteiger charge is 2.20. The molecular formula is C6H8N2O6S2. The maximum absolute atomic E-state index is 10.3. The van der Waals surface area contributed by atoms with Gasteiger partial charge in [-0.2, -0.15) is 0 Å². The molecule has 0 radical (unpaired) electrons. The summed E-state index contributed by atoms with van der Waals surface area (Å²) in [4.78, 5) is 40.7. The van der Waals surface area contributed by atoms with Gasteiger partial charge in [-0.05, 0) is 0 Å². The lowest BCUT2D eigenvalue weighted by Gasteiger charge is -2.04. The first kappa shape index (κ1) is 14.8.